The van der Waals surface area contributed by atoms with Crippen LogP contribution in [0.25, 0.3) is 0 Å². The number of hydrogen-bond donors (Lipinski definition) is 1. The van der Waals surface area contributed by atoms with Gasteiger partial charge >= 0.3 is 0 Å². The predicted molar refractivity (Wildman–Crippen MR) is 110 cm³/mol. The topological polar surface area (TPSA) is 52.7 Å². The number of benzene rings is 2. The van der Waals surface area contributed by atoms with Gasteiger partial charge in [0, 0.05) is 41.5 Å². The van der Waals surface area contributed by atoms with Crippen molar-refractivity contribution in [1.82, 2.24) is 4.90 Å². The number of carbonyl (C=O) groups excluding carboxylic acids is 2. The lowest BCUT2D eigenvalue weighted by Gasteiger charge is -2.21. The lowest BCUT2D eigenvalue weighted by Crippen LogP contribution is -2.40. The van der Waals surface area contributed by atoms with Gasteiger partial charge in [0.15, 0.2) is 0 Å². The molecule has 1 N–H and O–H groups in total. The summed E-state index contributed by atoms with van der Waals surface area (Å²) in [4.78, 5) is 29.3. The van der Waals surface area contributed by atoms with Gasteiger partial charge in [-0.25, -0.2) is 0 Å². The van der Waals surface area contributed by atoms with E-state index < -0.39 is 5.92 Å². The Balaban J connectivity index is 1.38. The van der Waals surface area contributed by atoms with Gasteiger partial charge < -0.3 is 15.1 Å². The van der Waals surface area contributed by atoms with Crippen molar-refractivity contribution in [2.75, 3.05) is 29.9 Å². The summed E-state index contributed by atoms with van der Waals surface area (Å²) < 4.78 is 0.928. The average Bonchev–Trinajstić information content (AvgIpc) is 3.29. The molecule has 4 rings (SSSR count). The van der Waals surface area contributed by atoms with Crippen molar-refractivity contribution in [3.8, 4) is 0 Å². The first-order valence-corrected chi connectivity index (χ1v) is 10.1. The number of carbonyl (C=O) groups is 2. The Morgan fingerprint density at radius 3 is 2.63 bits per heavy atom. The Bertz CT molecular complexity index is 842. The Morgan fingerprint density at radius 1 is 1.04 bits per heavy atom. The van der Waals surface area contributed by atoms with Gasteiger partial charge in [-0.15, -0.1) is 0 Å². The molecule has 6 heteroatoms. The zero-order chi connectivity index (χ0) is 18.8. The Morgan fingerprint density at radius 2 is 1.85 bits per heavy atom. The maximum atomic E-state index is 12.9. The van der Waals surface area contributed by atoms with Crippen molar-refractivity contribution < 1.29 is 9.59 Å². The molecule has 0 aromatic heterocycles. The van der Waals surface area contributed by atoms with Gasteiger partial charge in [0.25, 0.3) is 0 Å². The van der Waals surface area contributed by atoms with Crippen molar-refractivity contribution in [2.24, 2.45) is 5.92 Å². The van der Waals surface area contributed by atoms with E-state index in [4.69, 9.17) is 0 Å². The first kappa shape index (κ1) is 18.0. The van der Waals surface area contributed by atoms with Crippen molar-refractivity contribution in [3.63, 3.8) is 0 Å². The first-order valence-electron chi connectivity index (χ1n) is 9.29. The maximum Gasteiger partial charge on any atom is 0.239 e. The minimum absolute atomic E-state index is 0.0325. The van der Waals surface area contributed by atoms with Crippen molar-refractivity contribution in [2.45, 2.75) is 18.9 Å². The predicted octanol–water partition coefficient (Wildman–Crippen LogP) is 3.52. The van der Waals surface area contributed by atoms with E-state index in [9.17, 15) is 9.59 Å². The highest BCUT2D eigenvalue weighted by Crippen LogP contribution is 2.29. The second-order valence-corrected chi connectivity index (χ2v) is 8.01. The van der Waals surface area contributed by atoms with Crippen molar-refractivity contribution in [1.29, 1.82) is 0 Å². The van der Waals surface area contributed by atoms with Crippen LogP contribution in [-0.2, 0) is 9.59 Å². The molecule has 2 saturated heterocycles. The van der Waals surface area contributed by atoms with Gasteiger partial charge in [-0.2, -0.15) is 0 Å². The molecule has 2 amide bonds. The van der Waals surface area contributed by atoms with Crippen LogP contribution in [0.2, 0.25) is 0 Å². The van der Waals surface area contributed by atoms with Crippen LogP contribution in [0.3, 0.4) is 0 Å². The fourth-order valence-electron chi connectivity index (χ4n) is 3.88. The second-order valence-electron chi connectivity index (χ2n) is 7.09. The molecule has 0 spiro atoms. The van der Waals surface area contributed by atoms with Gasteiger partial charge in [0.2, 0.25) is 11.8 Å². The maximum absolute atomic E-state index is 12.9. The molecule has 2 atom stereocenters. The molecule has 2 aliphatic heterocycles. The SMILES string of the molecule is O=C(C1CCN(c2cccc(Br)c2)C1=O)N1CCC(Nc2ccccc2)C1. The molecule has 2 unspecified atom stereocenters. The fourth-order valence-corrected chi connectivity index (χ4v) is 4.27. The van der Waals surface area contributed by atoms with E-state index in [1.165, 1.54) is 0 Å². The summed E-state index contributed by atoms with van der Waals surface area (Å²) >= 11 is 3.44. The lowest BCUT2D eigenvalue weighted by molar-refractivity contribution is -0.139. The zero-order valence-corrected chi connectivity index (χ0v) is 16.6. The van der Waals surface area contributed by atoms with Gasteiger partial charge in [-0.3, -0.25) is 9.59 Å². The molecule has 2 aromatic rings. The Hall–Kier alpha value is -2.34. The standard InChI is InChI=1S/C21H22BrN3O2/c22-15-5-4-8-18(13-15)25-12-10-19(21(25)27)20(26)24-11-9-17(14-24)23-16-6-2-1-3-7-16/h1-8,13,17,19,23H,9-12,14H2. The summed E-state index contributed by atoms with van der Waals surface area (Å²) in [6.45, 7) is 1.93. The summed E-state index contributed by atoms with van der Waals surface area (Å²) in [7, 11) is 0. The third-order valence-electron chi connectivity index (χ3n) is 5.27. The van der Waals surface area contributed by atoms with E-state index in [-0.39, 0.29) is 17.9 Å². The molecule has 2 aliphatic rings. The van der Waals surface area contributed by atoms with Crippen LogP contribution in [0, 0.1) is 5.92 Å². The van der Waals surface area contributed by atoms with E-state index in [1.54, 1.807) is 4.90 Å². The molecule has 0 saturated carbocycles. The number of para-hydroxylation sites is 1. The summed E-state index contributed by atoms with van der Waals surface area (Å²) in [5, 5.41) is 3.47. The minimum Gasteiger partial charge on any atom is -0.380 e. The number of nitrogens with zero attached hydrogens (tertiary/aromatic N) is 2. The van der Waals surface area contributed by atoms with Crippen LogP contribution in [0.1, 0.15) is 12.8 Å². The van der Waals surface area contributed by atoms with E-state index >= 15 is 0 Å². The normalized spacial score (nSPS) is 22.3. The molecule has 0 bridgehead atoms. The summed E-state index contributed by atoms with van der Waals surface area (Å²) in [5.41, 5.74) is 1.91. The molecule has 2 heterocycles. The van der Waals surface area contributed by atoms with Crippen LogP contribution in [0.5, 0.6) is 0 Å². The van der Waals surface area contributed by atoms with Crippen LogP contribution in [-0.4, -0.2) is 42.4 Å². The summed E-state index contributed by atoms with van der Waals surface area (Å²) in [6.07, 6.45) is 1.48. The molecule has 140 valence electrons. The average molecular weight is 428 g/mol. The van der Waals surface area contributed by atoms with Crippen molar-refractivity contribution >= 4 is 39.1 Å². The molecular weight excluding hydrogens is 406 g/mol. The summed E-state index contributed by atoms with van der Waals surface area (Å²) in [6, 6.07) is 17.9. The second kappa shape index (κ2) is 7.72. The number of anilines is 2. The number of hydrogen-bond acceptors (Lipinski definition) is 3. The highest BCUT2D eigenvalue weighted by molar-refractivity contribution is 9.10. The van der Waals surface area contributed by atoms with Gasteiger partial charge in [-0.05, 0) is 43.2 Å². The summed E-state index contributed by atoms with van der Waals surface area (Å²) in [5.74, 6) is -0.674. The number of amides is 2. The monoisotopic (exact) mass is 427 g/mol. The van der Waals surface area contributed by atoms with Gasteiger partial charge in [0.1, 0.15) is 5.92 Å². The van der Waals surface area contributed by atoms with Crippen LogP contribution in [0.15, 0.2) is 59.1 Å². The molecular formula is C21H22BrN3O2. The number of likely N-dealkylation sites (tertiary alicyclic amines) is 1. The van der Waals surface area contributed by atoms with Gasteiger partial charge in [-0.1, -0.05) is 40.2 Å². The lowest BCUT2D eigenvalue weighted by atomic mass is 10.1. The van der Waals surface area contributed by atoms with Crippen molar-refractivity contribution in [3.05, 3.63) is 59.1 Å². The van der Waals surface area contributed by atoms with Crippen LogP contribution < -0.4 is 10.2 Å². The highest BCUT2D eigenvalue weighted by Gasteiger charge is 2.41. The third-order valence-corrected chi connectivity index (χ3v) is 5.76. The zero-order valence-electron chi connectivity index (χ0n) is 15.0. The molecule has 27 heavy (non-hydrogen) atoms. The van der Waals surface area contributed by atoms with Crippen LogP contribution >= 0.6 is 15.9 Å². The minimum atomic E-state index is -0.556. The molecule has 2 aromatic carbocycles. The molecule has 0 aliphatic carbocycles. The highest BCUT2D eigenvalue weighted by atomic mass is 79.9. The number of rotatable bonds is 4. The first-order chi connectivity index (χ1) is 13.1. The smallest absolute Gasteiger partial charge is 0.239 e. The quantitative estimate of drug-likeness (QED) is 0.759. The molecule has 0 radical (unpaired) electrons. The van der Waals surface area contributed by atoms with E-state index in [1.807, 2.05) is 59.5 Å². The number of halogens is 1. The Labute approximate surface area is 167 Å². The molecule has 2 fully saturated rings. The number of nitrogens with one attached hydrogen (secondary N) is 1. The third kappa shape index (κ3) is 3.86. The van der Waals surface area contributed by atoms with Gasteiger partial charge in [0.05, 0.1) is 0 Å². The fraction of sp³-hybridized carbons (Fsp3) is 0.333. The van der Waals surface area contributed by atoms with Crippen LogP contribution in [0.4, 0.5) is 11.4 Å². The largest absolute Gasteiger partial charge is 0.380 e. The van der Waals surface area contributed by atoms with E-state index in [0.29, 0.717) is 26.1 Å². The van der Waals surface area contributed by atoms with E-state index in [2.05, 4.69) is 21.2 Å². The van der Waals surface area contributed by atoms with E-state index in [0.717, 1.165) is 22.3 Å². The molecule has 5 nitrogen and oxygen atoms in total. The Kier molecular flexibility index (Phi) is 5.16.